The molecular weight excluding hydrogens is 337 g/mol. The SMILES string of the molecule is O=C(c1ccncc1F)N1CC[C@@]2(CCCN(C3CCOCC3)C2=O)C1. The van der Waals surface area contributed by atoms with Gasteiger partial charge in [-0.25, -0.2) is 4.39 Å². The summed E-state index contributed by atoms with van der Waals surface area (Å²) in [5.74, 6) is -0.795. The lowest BCUT2D eigenvalue weighted by Crippen LogP contribution is -2.55. The monoisotopic (exact) mass is 361 g/mol. The molecule has 0 N–H and O–H groups in total. The smallest absolute Gasteiger partial charge is 0.256 e. The Hall–Kier alpha value is -2.02. The quantitative estimate of drug-likeness (QED) is 0.807. The van der Waals surface area contributed by atoms with Crippen molar-refractivity contribution in [2.24, 2.45) is 5.41 Å². The predicted octanol–water partition coefficient (Wildman–Crippen LogP) is 1.85. The summed E-state index contributed by atoms with van der Waals surface area (Å²) >= 11 is 0. The number of carbonyl (C=O) groups is 2. The first-order valence-corrected chi connectivity index (χ1v) is 9.38. The van der Waals surface area contributed by atoms with Gasteiger partial charge in [0.25, 0.3) is 5.91 Å². The zero-order valence-corrected chi connectivity index (χ0v) is 14.8. The largest absolute Gasteiger partial charge is 0.381 e. The summed E-state index contributed by atoms with van der Waals surface area (Å²) in [6.07, 6.45) is 6.64. The molecule has 0 saturated carbocycles. The summed E-state index contributed by atoms with van der Waals surface area (Å²) in [6, 6.07) is 1.65. The van der Waals surface area contributed by atoms with Crippen molar-refractivity contribution in [2.75, 3.05) is 32.8 Å². The number of aromatic nitrogens is 1. The third-order valence-corrected chi connectivity index (χ3v) is 6.04. The second kappa shape index (κ2) is 6.95. The predicted molar refractivity (Wildman–Crippen MR) is 91.9 cm³/mol. The molecule has 140 valence electrons. The lowest BCUT2D eigenvalue weighted by molar-refractivity contribution is -0.150. The van der Waals surface area contributed by atoms with Crippen LogP contribution in [-0.4, -0.2) is 65.5 Å². The Bertz CT molecular complexity index is 707. The molecule has 0 aromatic carbocycles. The molecule has 3 fully saturated rings. The molecule has 1 spiro atoms. The van der Waals surface area contributed by atoms with Crippen LogP contribution < -0.4 is 0 Å². The summed E-state index contributed by atoms with van der Waals surface area (Å²) in [5.41, 5.74) is -0.475. The summed E-state index contributed by atoms with van der Waals surface area (Å²) in [7, 11) is 0. The van der Waals surface area contributed by atoms with Crippen LogP contribution in [0, 0.1) is 11.2 Å². The fourth-order valence-corrected chi connectivity index (χ4v) is 4.59. The highest BCUT2D eigenvalue weighted by Crippen LogP contribution is 2.41. The van der Waals surface area contributed by atoms with E-state index in [0.717, 1.165) is 38.4 Å². The van der Waals surface area contributed by atoms with Gasteiger partial charge in [-0.3, -0.25) is 14.6 Å². The van der Waals surface area contributed by atoms with Gasteiger partial charge in [0.15, 0.2) is 5.82 Å². The maximum absolute atomic E-state index is 13.9. The van der Waals surface area contributed by atoms with Crippen molar-refractivity contribution in [1.82, 2.24) is 14.8 Å². The molecule has 2 amide bonds. The number of hydrogen-bond donors (Lipinski definition) is 0. The highest BCUT2D eigenvalue weighted by molar-refractivity contribution is 5.95. The highest BCUT2D eigenvalue weighted by atomic mass is 19.1. The molecule has 1 aromatic heterocycles. The Balaban J connectivity index is 1.50. The molecule has 4 heterocycles. The van der Waals surface area contributed by atoms with E-state index in [1.807, 2.05) is 4.90 Å². The summed E-state index contributed by atoms with van der Waals surface area (Å²) < 4.78 is 19.3. The molecule has 3 aliphatic rings. The van der Waals surface area contributed by atoms with E-state index in [2.05, 4.69) is 4.98 Å². The van der Waals surface area contributed by atoms with Crippen LogP contribution in [0.5, 0.6) is 0 Å². The van der Waals surface area contributed by atoms with E-state index in [-0.39, 0.29) is 23.4 Å². The first-order chi connectivity index (χ1) is 12.6. The van der Waals surface area contributed by atoms with Crippen LogP contribution in [-0.2, 0) is 9.53 Å². The van der Waals surface area contributed by atoms with Crippen LogP contribution in [0.15, 0.2) is 18.5 Å². The van der Waals surface area contributed by atoms with Gasteiger partial charge in [0.1, 0.15) is 0 Å². The molecule has 0 unspecified atom stereocenters. The number of hydrogen-bond acceptors (Lipinski definition) is 4. The van der Waals surface area contributed by atoms with E-state index < -0.39 is 11.2 Å². The average molecular weight is 361 g/mol. The molecule has 3 saturated heterocycles. The summed E-state index contributed by atoms with van der Waals surface area (Å²) in [5, 5.41) is 0. The van der Waals surface area contributed by atoms with E-state index in [1.165, 1.54) is 12.3 Å². The maximum Gasteiger partial charge on any atom is 0.256 e. The minimum atomic E-state index is -0.614. The van der Waals surface area contributed by atoms with Gasteiger partial charge in [-0.2, -0.15) is 0 Å². The molecule has 1 atom stereocenters. The first kappa shape index (κ1) is 17.4. The Morgan fingerprint density at radius 1 is 1.27 bits per heavy atom. The number of ether oxygens (including phenoxy) is 1. The van der Waals surface area contributed by atoms with Gasteiger partial charge in [-0.05, 0) is 38.2 Å². The fraction of sp³-hybridized carbons (Fsp3) is 0.632. The molecule has 3 aliphatic heterocycles. The number of rotatable bonds is 2. The third kappa shape index (κ3) is 2.98. The minimum absolute atomic E-state index is 0.0293. The van der Waals surface area contributed by atoms with E-state index in [1.54, 1.807) is 4.90 Å². The van der Waals surface area contributed by atoms with Gasteiger partial charge >= 0.3 is 0 Å². The van der Waals surface area contributed by atoms with Crippen molar-refractivity contribution >= 4 is 11.8 Å². The van der Waals surface area contributed by atoms with E-state index in [9.17, 15) is 14.0 Å². The molecule has 0 bridgehead atoms. The summed E-state index contributed by atoms with van der Waals surface area (Å²) in [6.45, 7) is 3.07. The minimum Gasteiger partial charge on any atom is -0.381 e. The second-order valence-electron chi connectivity index (χ2n) is 7.56. The van der Waals surface area contributed by atoms with Crippen LogP contribution >= 0.6 is 0 Å². The van der Waals surface area contributed by atoms with Gasteiger partial charge in [0.05, 0.1) is 17.2 Å². The average Bonchev–Trinajstić information content (AvgIpc) is 3.10. The molecule has 0 aliphatic carbocycles. The fourth-order valence-electron chi connectivity index (χ4n) is 4.59. The molecule has 26 heavy (non-hydrogen) atoms. The molecule has 0 radical (unpaired) electrons. The highest BCUT2D eigenvalue weighted by Gasteiger charge is 2.50. The molecule has 4 rings (SSSR count). The number of amides is 2. The molecule has 7 heteroatoms. The lowest BCUT2D eigenvalue weighted by Gasteiger charge is -2.44. The van der Waals surface area contributed by atoms with Crippen molar-refractivity contribution in [3.8, 4) is 0 Å². The van der Waals surface area contributed by atoms with Crippen molar-refractivity contribution < 1.29 is 18.7 Å². The van der Waals surface area contributed by atoms with Gasteiger partial charge in [-0.15, -0.1) is 0 Å². The number of nitrogens with zero attached hydrogens (tertiary/aromatic N) is 3. The Labute approximate surface area is 152 Å². The molecule has 1 aromatic rings. The number of piperidine rings is 1. The topological polar surface area (TPSA) is 62.7 Å². The molecular formula is C19H24FN3O3. The second-order valence-corrected chi connectivity index (χ2v) is 7.56. The van der Waals surface area contributed by atoms with Crippen LogP contribution in [0.25, 0.3) is 0 Å². The van der Waals surface area contributed by atoms with Crippen LogP contribution in [0.1, 0.15) is 42.5 Å². The number of likely N-dealkylation sites (tertiary alicyclic amines) is 2. The first-order valence-electron chi connectivity index (χ1n) is 9.38. The number of carbonyl (C=O) groups excluding carboxylic acids is 2. The Morgan fingerprint density at radius 2 is 2.08 bits per heavy atom. The van der Waals surface area contributed by atoms with E-state index in [4.69, 9.17) is 4.74 Å². The van der Waals surface area contributed by atoms with Gasteiger partial charge in [-0.1, -0.05) is 0 Å². The summed E-state index contributed by atoms with van der Waals surface area (Å²) in [4.78, 5) is 33.3. The Kier molecular flexibility index (Phi) is 4.65. The Morgan fingerprint density at radius 3 is 2.85 bits per heavy atom. The van der Waals surface area contributed by atoms with Crippen LogP contribution in [0.3, 0.4) is 0 Å². The zero-order chi connectivity index (χ0) is 18.1. The van der Waals surface area contributed by atoms with Crippen molar-refractivity contribution in [2.45, 2.75) is 38.1 Å². The van der Waals surface area contributed by atoms with Gasteiger partial charge < -0.3 is 14.5 Å². The van der Waals surface area contributed by atoms with Crippen LogP contribution in [0.2, 0.25) is 0 Å². The van der Waals surface area contributed by atoms with Gasteiger partial charge in [0.2, 0.25) is 5.91 Å². The zero-order valence-electron chi connectivity index (χ0n) is 14.8. The maximum atomic E-state index is 13.9. The lowest BCUT2D eigenvalue weighted by atomic mass is 9.77. The normalized spacial score (nSPS) is 27.3. The van der Waals surface area contributed by atoms with Crippen molar-refractivity contribution in [3.05, 3.63) is 29.8 Å². The standard InChI is InChI=1S/C19H24FN3O3/c20-16-12-21-7-2-15(16)17(24)22-9-6-19(13-22)5-1-8-23(18(19)25)14-3-10-26-11-4-14/h2,7,12,14H,1,3-6,8-11,13H2/t19-/m0/s1. The van der Waals surface area contributed by atoms with Crippen LogP contribution in [0.4, 0.5) is 4.39 Å². The number of halogens is 1. The third-order valence-electron chi connectivity index (χ3n) is 6.04. The van der Waals surface area contributed by atoms with Crippen molar-refractivity contribution in [1.29, 1.82) is 0 Å². The van der Waals surface area contributed by atoms with E-state index >= 15 is 0 Å². The molecule has 6 nitrogen and oxygen atoms in total. The van der Waals surface area contributed by atoms with Crippen molar-refractivity contribution in [3.63, 3.8) is 0 Å². The van der Waals surface area contributed by atoms with Gasteiger partial charge in [0, 0.05) is 45.1 Å². The van der Waals surface area contributed by atoms with E-state index in [0.29, 0.717) is 32.7 Å². The number of pyridine rings is 1.